The van der Waals surface area contributed by atoms with E-state index in [1.54, 1.807) is 6.08 Å². The average Bonchev–Trinajstić information content (AvgIpc) is 3.36. The van der Waals surface area contributed by atoms with Gasteiger partial charge in [0, 0.05) is 6.42 Å². The Labute approximate surface area is 435 Å². The van der Waals surface area contributed by atoms with Crippen molar-refractivity contribution in [2.75, 3.05) is 13.2 Å². The first-order valence-corrected chi connectivity index (χ1v) is 30.5. The van der Waals surface area contributed by atoms with Crippen LogP contribution in [-0.2, 0) is 19.1 Å². The molecule has 0 aliphatic heterocycles. The SMILES string of the molecule is CC/C=C\C/C=C\C/C=C\C/C=C\C/C=C\CC(=O)OC(CO)COC(=O)CCCCCCCCCCCCCCCCCCCCCCCCCCCCCCC/C=C\CCCCCCCCCC. The third-order valence-electron chi connectivity index (χ3n) is 13.5. The van der Waals surface area contributed by atoms with Crippen LogP contribution in [0.25, 0.3) is 0 Å². The first-order chi connectivity index (χ1) is 34.6. The summed E-state index contributed by atoms with van der Waals surface area (Å²) in [6.45, 7) is 3.96. The highest BCUT2D eigenvalue weighted by Crippen LogP contribution is 2.18. The molecule has 0 fully saturated rings. The standard InChI is InChI=1S/C65H116O5/c1-3-5-7-9-11-13-15-17-19-20-21-22-23-24-25-26-27-28-29-30-31-32-33-34-35-36-37-38-39-40-41-42-43-44-46-47-49-51-53-55-57-59-64(67)69-62-63(61-66)70-65(68)60-58-56-54-52-50-48-45-18-16-14-12-10-8-6-4-2/h6,8,12,14,18,20-21,45,50,52,56,58,63,66H,3-5,7,9-11,13,15-17,19,22-44,46-49,51,53-55,57,59-62H2,1-2H3/b8-6-,14-12-,21-20-,45-18-,52-50-,58-56-. The summed E-state index contributed by atoms with van der Waals surface area (Å²) in [6.07, 6.45) is 83.9. The zero-order valence-corrected chi connectivity index (χ0v) is 46.5. The molecule has 0 aromatic carbocycles. The van der Waals surface area contributed by atoms with E-state index in [-0.39, 0.29) is 25.6 Å². The first-order valence-electron chi connectivity index (χ1n) is 30.5. The van der Waals surface area contributed by atoms with Crippen molar-refractivity contribution < 1.29 is 24.2 Å². The van der Waals surface area contributed by atoms with Crippen LogP contribution in [0.3, 0.4) is 0 Å². The molecule has 0 rings (SSSR count). The fraction of sp³-hybridized carbons (Fsp3) is 0.785. The van der Waals surface area contributed by atoms with Gasteiger partial charge in [-0.2, -0.15) is 0 Å². The van der Waals surface area contributed by atoms with Gasteiger partial charge < -0.3 is 14.6 Å². The second-order valence-corrected chi connectivity index (χ2v) is 20.4. The molecule has 0 amide bonds. The quantitative estimate of drug-likeness (QED) is 0.0373. The van der Waals surface area contributed by atoms with Crippen molar-refractivity contribution in [3.63, 3.8) is 0 Å². The van der Waals surface area contributed by atoms with Crippen LogP contribution in [0, 0.1) is 0 Å². The highest BCUT2D eigenvalue weighted by Gasteiger charge is 2.15. The number of aliphatic hydroxyl groups excluding tert-OH is 1. The average molecular weight is 978 g/mol. The Morgan fingerprint density at radius 2 is 0.657 bits per heavy atom. The molecule has 0 aliphatic carbocycles. The molecule has 406 valence electrons. The summed E-state index contributed by atoms with van der Waals surface area (Å²) in [5.41, 5.74) is 0. The molecular formula is C65H116O5. The number of hydrogen-bond acceptors (Lipinski definition) is 5. The summed E-state index contributed by atoms with van der Waals surface area (Å²) >= 11 is 0. The van der Waals surface area contributed by atoms with Gasteiger partial charge in [-0.05, 0) is 64.2 Å². The molecule has 0 radical (unpaired) electrons. The Hall–Kier alpha value is -2.66. The summed E-state index contributed by atoms with van der Waals surface area (Å²) in [4.78, 5) is 24.4. The van der Waals surface area contributed by atoms with Crippen molar-refractivity contribution in [1.29, 1.82) is 0 Å². The van der Waals surface area contributed by atoms with Crippen molar-refractivity contribution >= 4 is 11.9 Å². The van der Waals surface area contributed by atoms with Crippen LogP contribution in [0.4, 0.5) is 0 Å². The van der Waals surface area contributed by atoms with Crippen LogP contribution < -0.4 is 0 Å². The zero-order valence-electron chi connectivity index (χ0n) is 46.5. The van der Waals surface area contributed by atoms with Crippen LogP contribution in [0.15, 0.2) is 72.9 Å². The molecule has 0 saturated carbocycles. The van der Waals surface area contributed by atoms with Crippen molar-refractivity contribution in [2.24, 2.45) is 0 Å². The van der Waals surface area contributed by atoms with Gasteiger partial charge in [0.25, 0.3) is 0 Å². The number of esters is 2. The molecule has 1 N–H and O–H groups in total. The van der Waals surface area contributed by atoms with Gasteiger partial charge in [-0.3, -0.25) is 9.59 Å². The molecule has 0 heterocycles. The second-order valence-electron chi connectivity index (χ2n) is 20.4. The lowest BCUT2D eigenvalue weighted by Crippen LogP contribution is -2.28. The van der Waals surface area contributed by atoms with Crippen molar-refractivity contribution in [3.8, 4) is 0 Å². The molecule has 5 nitrogen and oxygen atoms in total. The lowest BCUT2D eigenvalue weighted by atomic mass is 10.0. The highest BCUT2D eigenvalue weighted by molar-refractivity contribution is 5.71. The van der Waals surface area contributed by atoms with E-state index in [0.29, 0.717) is 6.42 Å². The van der Waals surface area contributed by atoms with E-state index in [4.69, 9.17) is 9.47 Å². The highest BCUT2D eigenvalue weighted by atomic mass is 16.6. The van der Waals surface area contributed by atoms with Crippen molar-refractivity contribution in [1.82, 2.24) is 0 Å². The van der Waals surface area contributed by atoms with Gasteiger partial charge in [-0.25, -0.2) is 0 Å². The third-order valence-corrected chi connectivity index (χ3v) is 13.5. The molecule has 0 saturated heterocycles. The van der Waals surface area contributed by atoms with E-state index in [0.717, 1.165) is 51.4 Å². The summed E-state index contributed by atoms with van der Waals surface area (Å²) in [6, 6.07) is 0. The number of hydrogen-bond donors (Lipinski definition) is 1. The van der Waals surface area contributed by atoms with E-state index >= 15 is 0 Å². The van der Waals surface area contributed by atoms with Crippen LogP contribution in [0.5, 0.6) is 0 Å². The van der Waals surface area contributed by atoms with Gasteiger partial charge in [0.15, 0.2) is 6.10 Å². The molecule has 0 bridgehead atoms. The number of aliphatic hydroxyl groups is 1. The van der Waals surface area contributed by atoms with Gasteiger partial charge in [0.2, 0.25) is 0 Å². The topological polar surface area (TPSA) is 72.8 Å². The molecule has 70 heavy (non-hydrogen) atoms. The number of carbonyl (C=O) groups is 2. The molecule has 0 aromatic heterocycles. The number of rotatable bonds is 56. The van der Waals surface area contributed by atoms with Crippen LogP contribution in [0.2, 0.25) is 0 Å². The maximum Gasteiger partial charge on any atom is 0.310 e. The predicted octanol–water partition coefficient (Wildman–Crippen LogP) is 20.8. The number of unbranched alkanes of at least 4 members (excludes halogenated alkanes) is 37. The molecule has 0 aliphatic rings. The Bertz CT molecular complexity index is 1240. The second kappa shape index (κ2) is 60.6. The summed E-state index contributed by atoms with van der Waals surface area (Å²) in [7, 11) is 0. The maximum absolute atomic E-state index is 12.2. The van der Waals surface area contributed by atoms with Gasteiger partial charge in [0.1, 0.15) is 6.61 Å². The van der Waals surface area contributed by atoms with Crippen LogP contribution in [-0.4, -0.2) is 36.4 Å². The van der Waals surface area contributed by atoms with Crippen LogP contribution >= 0.6 is 0 Å². The smallest absolute Gasteiger partial charge is 0.310 e. The minimum absolute atomic E-state index is 0.105. The minimum Gasteiger partial charge on any atom is -0.462 e. The molecule has 1 unspecified atom stereocenters. The lowest BCUT2D eigenvalue weighted by Gasteiger charge is -2.15. The van der Waals surface area contributed by atoms with Gasteiger partial charge >= 0.3 is 11.9 Å². The maximum atomic E-state index is 12.2. The Kier molecular flexibility index (Phi) is 58.3. The normalized spacial score (nSPS) is 12.7. The summed E-state index contributed by atoms with van der Waals surface area (Å²) in [5, 5.41) is 9.60. The van der Waals surface area contributed by atoms with Gasteiger partial charge in [0.05, 0.1) is 13.0 Å². The van der Waals surface area contributed by atoms with E-state index in [1.165, 1.54) is 231 Å². The molecule has 0 spiro atoms. The predicted molar refractivity (Wildman–Crippen MR) is 306 cm³/mol. The summed E-state index contributed by atoms with van der Waals surface area (Å²) in [5.74, 6) is -0.730. The number of carbonyl (C=O) groups excluding carboxylic acids is 2. The number of ether oxygens (including phenoxy) is 2. The van der Waals surface area contributed by atoms with E-state index in [2.05, 4.69) is 74.6 Å². The molecule has 5 heteroatoms. The Balaban J connectivity index is 3.39. The minimum atomic E-state index is -0.828. The zero-order chi connectivity index (χ0) is 50.6. The van der Waals surface area contributed by atoms with Crippen molar-refractivity contribution in [2.45, 2.75) is 315 Å². The lowest BCUT2D eigenvalue weighted by molar-refractivity contribution is -0.160. The third kappa shape index (κ3) is 57.9. The Morgan fingerprint density at radius 1 is 0.357 bits per heavy atom. The van der Waals surface area contributed by atoms with Gasteiger partial charge in [-0.1, -0.05) is 305 Å². The fourth-order valence-electron chi connectivity index (χ4n) is 8.98. The molecular weight excluding hydrogens is 861 g/mol. The van der Waals surface area contributed by atoms with Crippen molar-refractivity contribution in [3.05, 3.63) is 72.9 Å². The summed E-state index contributed by atoms with van der Waals surface area (Å²) < 4.78 is 10.6. The Morgan fingerprint density at radius 3 is 0.986 bits per heavy atom. The van der Waals surface area contributed by atoms with Gasteiger partial charge in [-0.15, -0.1) is 0 Å². The monoisotopic (exact) mass is 977 g/mol. The largest absolute Gasteiger partial charge is 0.462 e. The molecule has 0 aromatic rings. The fourth-order valence-corrected chi connectivity index (χ4v) is 8.98. The van der Waals surface area contributed by atoms with E-state index in [9.17, 15) is 14.7 Å². The van der Waals surface area contributed by atoms with E-state index in [1.807, 2.05) is 6.08 Å². The first kappa shape index (κ1) is 67.3. The molecule has 1 atom stereocenters. The number of allylic oxidation sites excluding steroid dienone is 11. The van der Waals surface area contributed by atoms with E-state index < -0.39 is 12.1 Å². The van der Waals surface area contributed by atoms with Crippen LogP contribution in [0.1, 0.15) is 309 Å².